The summed E-state index contributed by atoms with van der Waals surface area (Å²) in [7, 11) is 0. The van der Waals surface area contributed by atoms with Gasteiger partial charge in [-0.25, -0.2) is 4.79 Å². The summed E-state index contributed by atoms with van der Waals surface area (Å²) in [5.74, 6) is 0. The van der Waals surface area contributed by atoms with Gasteiger partial charge in [0.2, 0.25) is 0 Å². The van der Waals surface area contributed by atoms with Gasteiger partial charge in [0.15, 0.2) is 0 Å². The zero-order valence-corrected chi connectivity index (χ0v) is 14.5. The first-order valence-corrected chi connectivity index (χ1v) is 8.21. The number of carbonyl (C=O) groups excluding carboxylic acids is 1. The lowest BCUT2D eigenvalue weighted by Crippen LogP contribution is -2.52. The molecule has 1 fully saturated rings. The molecule has 1 heterocycles. The number of urea groups is 1. The molecule has 1 aliphatic heterocycles. The Morgan fingerprint density at radius 2 is 1.91 bits per heavy atom. The Labute approximate surface area is 138 Å². The highest BCUT2D eigenvalue weighted by Crippen LogP contribution is 2.16. The number of rotatable bonds is 3. The molecule has 1 N–H and O–H groups in total. The predicted octanol–water partition coefficient (Wildman–Crippen LogP) is 3.21. The van der Waals surface area contributed by atoms with Gasteiger partial charge in [0, 0.05) is 44.3 Å². The van der Waals surface area contributed by atoms with Crippen molar-refractivity contribution in [1.29, 1.82) is 0 Å². The monoisotopic (exact) mass is 323 g/mol. The van der Waals surface area contributed by atoms with Crippen molar-refractivity contribution in [3.8, 4) is 0 Å². The molecule has 0 unspecified atom stereocenters. The van der Waals surface area contributed by atoms with Crippen LogP contribution in [-0.2, 0) is 6.54 Å². The molecule has 0 aromatic heterocycles. The second kappa shape index (κ2) is 7.34. The van der Waals surface area contributed by atoms with Crippen LogP contribution in [0.2, 0.25) is 5.02 Å². The molecular weight excluding hydrogens is 298 g/mol. The summed E-state index contributed by atoms with van der Waals surface area (Å²) < 4.78 is 0. The first-order valence-electron chi connectivity index (χ1n) is 7.83. The lowest BCUT2D eigenvalue weighted by atomic mass is 9.96. The third-order valence-electron chi connectivity index (χ3n) is 3.69. The van der Waals surface area contributed by atoms with Crippen LogP contribution in [0.15, 0.2) is 24.3 Å². The van der Waals surface area contributed by atoms with E-state index in [0.29, 0.717) is 17.0 Å². The van der Waals surface area contributed by atoms with Crippen LogP contribution in [0.1, 0.15) is 26.3 Å². The van der Waals surface area contributed by atoms with Crippen LogP contribution < -0.4 is 5.32 Å². The van der Waals surface area contributed by atoms with Crippen LogP contribution in [0, 0.1) is 5.41 Å². The first kappa shape index (κ1) is 17.1. The number of nitrogens with zero attached hydrogens (tertiary/aromatic N) is 2. The Bertz CT molecular complexity index is 505. The van der Waals surface area contributed by atoms with E-state index >= 15 is 0 Å². The van der Waals surface area contributed by atoms with E-state index in [1.54, 1.807) is 0 Å². The fraction of sp³-hybridized carbons (Fsp3) is 0.588. The molecule has 0 bridgehead atoms. The van der Waals surface area contributed by atoms with Crippen molar-refractivity contribution in [3.05, 3.63) is 34.9 Å². The van der Waals surface area contributed by atoms with E-state index in [0.717, 1.165) is 38.3 Å². The molecule has 1 aromatic carbocycles. The first-order chi connectivity index (χ1) is 10.3. The Morgan fingerprint density at radius 1 is 1.23 bits per heavy atom. The second-order valence-corrected chi connectivity index (χ2v) is 7.55. The van der Waals surface area contributed by atoms with Gasteiger partial charge in [-0.05, 0) is 23.1 Å². The maximum atomic E-state index is 12.2. The van der Waals surface area contributed by atoms with Gasteiger partial charge in [0.25, 0.3) is 0 Å². The molecule has 122 valence electrons. The van der Waals surface area contributed by atoms with Crippen LogP contribution in [0.4, 0.5) is 4.79 Å². The lowest BCUT2D eigenvalue weighted by Gasteiger charge is -2.37. The quantitative estimate of drug-likeness (QED) is 0.927. The van der Waals surface area contributed by atoms with Crippen LogP contribution >= 0.6 is 11.6 Å². The molecule has 0 aliphatic carbocycles. The summed E-state index contributed by atoms with van der Waals surface area (Å²) in [5, 5.41) is 3.67. The Balaban J connectivity index is 1.75. The molecule has 5 heteroatoms. The number of carbonyl (C=O) groups is 1. The standard InChI is InChI=1S/C17H26ClN3O/c1-17(2,3)13-20-7-9-21(10-8-20)16(22)19-12-14-5-4-6-15(18)11-14/h4-6,11H,7-10,12-13H2,1-3H3,(H,19,22). The predicted molar refractivity (Wildman–Crippen MR) is 91.2 cm³/mol. The van der Waals surface area contributed by atoms with Crippen molar-refractivity contribution < 1.29 is 4.79 Å². The third kappa shape index (κ3) is 5.50. The van der Waals surface area contributed by atoms with E-state index in [9.17, 15) is 4.79 Å². The molecule has 0 atom stereocenters. The lowest BCUT2D eigenvalue weighted by molar-refractivity contribution is 0.113. The molecule has 22 heavy (non-hydrogen) atoms. The molecule has 0 radical (unpaired) electrons. The summed E-state index contributed by atoms with van der Waals surface area (Å²) in [6, 6.07) is 7.59. The van der Waals surface area contributed by atoms with Crippen molar-refractivity contribution >= 4 is 17.6 Å². The van der Waals surface area contributed by atoms with Gasteiger partial charge in [-0.15, -0.1) is 0 Å². The minimum atomic E-state index is 0.00961. The highest BCUT2D eigenvalue weighted by Gasteiger charge is 2.23. The summed E-state index contributed by atoms with van der Waals surface area (Å²) in [6.07, 6.45) is 0. The van der Waals surface area contributed by atoms with Crippen LogP contribution in [-0.4, -0.2) is 48.6 Å². The molecule has 2 rings (SSSR count). The fourth-order valence-electron chi connectivity index (χ4n) is 2.72. The van der Waals surface area contributed by atoms with Crippen molar-refractivity contribution in [1.82, 2.24) is 15.1 Å². The van der Waals surface area contributed by atoms with Gasteiger partial charge in [0.05, 0.1) is 0 Å². The van der Waals surface area contributed by atoms with E-state index in [4.69, 9.17) is 11.6 Å². The van der Waals surface area contributed by atoms with Crippen LogP contribution in [0.25, 0.3) is 0 Å². The SMILES string of the molecule is CC(C)(C)CN1CCN(C(=O)NCc2cccc(Cl)c2)CC1. The van der Waals surface area contributed by atoms with E-state index in [1.165, 1.54) is 0 Å². The topological polar surface area (TPSA) is 35.6 Å². The van der Waals surface area contributed by atoms with E-state index < -0.39 is 0 Å². The number of amides is 2. The number of halogens is 1. The molecule has 0 spiro atoms. The molecule has 1 saturated heterocycles. The van der Waals surface area contributed by atoms with Crippen molar-refractivity contribution in [2.75, 3.05) is 32.7 Å². The highest BCUT2D eigenvalue weighted by molar-refractivity contribution is 6.30. The third-order valence-corrected chi connectivity index (χ3v) is 3.93. The second-order valence-electron chi connectivity index (χ2n) is 7.11. The molecule has 4 nitrogen and oxygen atoms in total. The van der Waals surface area contributed by atoms with Crippen LogP contribution in [0.3, 0.4) is 0 Å². The highest BCUT2D eigenvalue weighted by atomic mass is 35.5. The molecular formula is C17H26ClN3O. The summed E-state index contributed by atoms with van der Waals surface area (Å²) >= 11 is 5.95. The average Bonchev–Trinajstić information content (AvgIpc) is 2.44. The smallest absolute Gasteiger partial charge is 0.317 e. The van der Waals surface area contributed by atoms with Gasteiger partial charge in [-0.1, -0.05) is 44.5 Å². The van der Waals surface area contributed by atoms with E-state index in [2.05, 4.69) is 31.0 Å². The van der Waals surface area contributed by atoms with Gasteiger partial charge >= 0.3 is 6.03 Å². The molecule has 1 aliphatic rings. The zero-order chi connectivity index (χ0) is 16.2. The average molecular weight is 324 g/mol. The Hall–Kier alpha value is -1.26. The van der Waals surface area contributed by atoms with Crippen molar-refractivity contribution in [3.63, 3.8) is 0 Å². The molecule has 2 amide bonds. The number of hydrogen-bond donors (Lipinski definition) is 1. The number of hydrogen-bond acceptors (Lipinski definition) is 2. The molecule has 1 aromatic rings. The van der Waals surface area contributed by atoms with Crippen molar-refractivity contribution in [2.45, 2.75) is 27.3 Å². The maximum absolute atomic E-state index is 12.2. The van der Waals surface area contributed by atoms with Crippen LogP contribution in [0.5, 0.6) is 0 Å². The number of piperazine rings is 1. The van der Waals surface area contributed by atoms with E-state index in [1.807, 2.05) is 29.2 Å². The largest absolute Gasteiger partial charge is 0.334 e. The Morgan fingerprint density at radius 3 is 2.50 bits per heavy atom. The van der Waals surface area contributed by atoms with Gasteiger partial charge in [-0.2, -0.15) is 0 Å². The summed E-state index contributed by atoms with van der Waals surface area (Å²) in [4.78, 5) is 16.5. The summed E-state index contributed by atoms with van der Waals surface area (Å²) in [6.45, 7) is 11.8. The van der Waals surface area contributed by atoms with Gasteiger partial charge in [-0.3, -0.25) is 4.90 Å². The van der Waals surface area contributed by atoms with E-state index in [-0.39, 0.29) is 6.03 Å². The van der Waals surface area contributed by atoms with Gasteiger partial charge in [0.1, 0.15) is 0 Å². The maximum Gasteiger partial charge on any atom is 0.317 e. The normalized spacial score (nSPS) is 16.6. The minimum Gasteiger partial charge on any atom is -0.334 e. The molecule has 0 saturated carbocycles. The zero-order valence-electron chi connectivity index (χ0n) is 13.7. The number of benzene rings is 1. The number of nitrogens with one attached hydrogen (secondary N) is 1. The fourth-order valence-corrected chi connectivity index (χ4v) is 2.93. The minimum absolute atomic E-state index is 0.00961. The summed E-state index contributed by atoms with van der Waals surface area (Å²) in [5.41, 5.74) is 1.32. The van der Waals surface area contributed by atoms with Crippen molar-refractivity contribution in [2.24, 2.45) is 5.41 Å². The Kier molecular flexibility index (Phi) is 5.70. The van der Waals surface area contributed by atoms with Gasteiger partial charge < -0.3 is 10.2 Å².